The van der Waals surface area contributed by atoms with Gasteiger partial charge in [0.2, 0.25) is 0 Å². The third-order valence-corrected chi connectivity index (χ3v) is 3.10. The van der Waals surface area contributed by atoms with Crippen molar-refractivity contribution in [2.24, 2.45) is 0 Å². The summed E-state index contributed by atoms with van der Waals surface area (Å²) in [6.07, 6.45) is -0.00521. The van der Waals surface area contributed by atoms with Gasteiger partial charge in [-0.3, -0.25) is 0 Å². The summed E-state index contributed by atoms with van der Waals surface area (Å²) in [7, 11) is 0. The largest absolute Gasteiger partial charge is 0.489 e. The Morgan fingerprint density at radius 3 is 2.31 bits per heavy atom. The average Bonchev–Trinajstić information content (AvgIpc) is 2.17. The van der Waals surface area contributed by atoms with Crippen LogP contribution in [-0.2, 0) is 0 Å². The molecule has 0 radical (unpaired) electrons. The molecule has 0 atom stereocenters. The molecule has 0 aliphatic heterocycles. The van der Waals surface area contributed by atoms with Gasteiger partial charge in [-0.1, -0.05) is 25.4 Å². The summed E-state index contributed by atoms with van der Waals surface area (Å²) in [6.45, 7) is 7.85. The lowest BCUT2D eigenvalue weighted by atomic mass is 10.0. The minimum atomic E-state index is -0.471. The second kappa shape index (κ2) is 5.37. The molecular formula is C12H15BrClFO. The van der Waals surface area contributed by atoms with Crippen molar-refractivity contribution in [1.29, 1.82) is 0 Å². The number of ether oxygens (including phenoxy) is 1. The van der Waals surface area contributed by atoms with E-state index in [9.17, 15) is 4.39 Å². The maximum absolute atomic E-state index is 13.6. The van der Waals surface area contributed by atoms with Gasteiger partial charge >= 0.3 is 0 Å². The molecule has 0 saturated heterocycles. The first-order valence-electron chi connectivity index (χ1n) is 5.18. The van der Waals surface area contributed by atoms with Crippen molar-refractivity contribution >= 4 is 27.5 Å². The van der Waals surface area contributed by atoms with Gasteiger partial charge in [-0.15, -0.1) is 0 Å². The molecule has 4 heteroatoms. The van der Waals surface area contributed by atoms with E-state index in [-0.39, 0.29) is 17.0 Å². The average molecular weight is 310 g/mol. The van der Waals surface area contributed by atoms with Crippen LogP contribution >= 0.6 is 27.5 Å². The van der Waals surface area contributed by atoms with E-state index in [2.05, 4.69) is 15.9 Å². The molecule has 0 bridgehead atoms. The Morgan fingerprint density at radius 1 is 1.31 bits per heavy atom. The van der Waals surface area contributed by atoms with E-state index in [4.69, 9.17) is 16.3 Å². The molecule has 1 aromatic carbocycles. The fourth-order valence-electron chi connectivity index (χ4n) is 1.38. The molecule has 0 fully saturated rings. The molecule has 0 amide bonds. The van der Waals surface area contributed by atoms with Gasteiger partial charge in [0.15, 0.2) is 5.82 Å². The van der Waals surface area contributed by atoms with Crippen LogP contribution < -0.4 is 4.74 Å². The quantitative estimate of drug-likeness (QED) is 0.701. The Bertz CT molecular complexity index is 391. The van der Waals surface area contributed by atoms with E-state index in [1.807, 2.05) is 27.7 Å². The van der Waals surface area contributed by atoms with Gasteiger partial charge < -0.3 is 4.74 Å². The van der Waals surface area contributed by atoms with E-state index in [1.165, 1.54) is 0 Å². The van der Waals surface area contributed by atoms with Gasteiger partial charge in [-0.2, -0.15) is 0 Å². The number of halogens is 3. The van der Waals surface area contributed by atoms with Gasteiger partial charge in [-0.05, 0) is 47.3 Å². The summed E-state index contributed by atoms with van der Waals surface area (Å²) in [6, 6.07) is 1.63. The van der Waals surface area contributed by atoms with Crippen molar-refractivity contribution in [3.8, 4) is 5.75 Å². The molecule has 1 nitrogen and oxygen atoms in total. The minimum Gasteiger partial charge on any atom is -0.489 e. The Hall–Kier alpha value is -0.280. The van der Waals surface area contributed by atoms with Gasteiger partial charge in [0.25, 0.3) is 0 Å². The van der Waals surface area contributed by atoms with Crippen LogP contribution in [0.2, 0.25) is 5.02 Å². The summed E-state index contributed by atoms with van der Waals surface area (Å²) in [5, 5.41) is 0.117. The molecule has 1 aromatic rings. The molecule has 0 N–H and O–H groups in total. The van der Waals surface area contributed by atoms with Crippen LogP contribution in [0.25, 0.3) is 0 Å². The highest BCUT2D eigenvalue weighted by molar-refractivity contribution is 9.10. The zero-order valence-corrected chi connectivity index (χ0v) is 12.1. The minimum absolute atomic E-state index is 0.00521. The van der Waals surface area contributed by atoms with Crippen LogP contribution in [0.1, 0.15) is 39.2 Å². The highest BCUT2D eigenvalue weighted by atomic mass is 79.9. The second-order valence-electron chi connectivity index (χ2n) is 4.23. The lowest BCUT2D eigenvalue weighted by molar-refractivity contribution is 0.236. The van der Waals surface area contributed by atoms with Gasteiger partial charge in [0.05, 0.1) is 15.6 Å². The van der Waals surface area contributed by atoms with Crippen molar-refractivity contribution < 1.29 is 9.13 Å². The molecule has 0 aliphatic rings. The van der Waals surface area contributed by atoms with Gasteiger partial charge in [0.1, 0.15) is 5.75 Å². The first-order valence-corrected chi connectivity index (χ1v) is 6.35. The standard InChI is InChI=1S/C12H15BrClFO/c1-6(2)8-5-9(14)11(15)10(13)12(8)16-7(3)4/h5-7H,1-4H3. The summed E-state index contributed by atoms with van der Waals surface area (Å²) in [5.74, 6) is 0.303. The third-order valence-electron chi connectivity index (χ3n) is 2.12. The zero-order valence-electron chi connectivity index (χ0n) is 9.77. The third kappa shape index (κ3) is 2.89. The number of rotatable bonds is 3. The predicted octanol–water partition coefficient (Wildman–Crippen LogP) is 5.15. The monoisotopic (exact) mass is 308 g/mol. The van der Waals surface area contributed by atoms with Crippen LogP contribution in [0.4, 0.5) is 4.39 Å². The highest BCUT2D eigenvalue weighted by Gasteiger charge is 2.19. The molecule has 0 aliphatic carbocycles. The normalized spacial score (nSPS) is 11.3. The van der Waals surface area contributed by atoms with Gasteiger partial charge in [0, 0.05) is 0 Å². The fourth-order valence-corrected chi connectivity index (χ4v) is 2.24. The lowest BCUT2D eigenvalue weighted by Gasteiger charge is -2.19. The van der Waals surface area contributed by atoms with Crippen molar-refractivity contribution in [3.05, 3.63) is 26.9 Å². The highest BCUT2D eigenvalue weighted by Crippen LogP contribution is 2.39. The first-order chi connectivity index (χ1) is 7.34. The fraction of sp³-hybridized carbons (Fsp3) is 0.500. The second-order valence-corrected chi connectivity index (χ2v) is 5.43. The van der Waals surface area contributed by atoms with Crippen molar-refractivity contribution in [2.75, 3.05) is 0 Å². The van der Waals surface area contributed by atoms with Gasteiger partial charge in [-0.25, -0.2) is 4.39 Å². The van der Waals surface area contributed by atoms with E-state index in [1.54, 1.807) is 6.07 Å². The maximum atomic E-state index is 13.6. The van der Waals surface area contributed by atoms with E-state index >= 15 is 0 Å². The summed E-state index contributed by atoms with van der Waals surface area (Å²) < 4.78 is 19.6. The Morgan fingerprint density at radius 2 is 1.88 bits per heavy atom. The number of hydrogen-bond donors (Lipinski definition) is 0. The molecule has 0 spiro atoms. The molecule has 1 rings (SSSR count). The summed E-state index contributed by atoms with van der Waals surface area (Å²) in [5.41, 5.74) is 0.909. The van der Waals surface area contributed by atoms with E-state index < -0.39 is 5.82 Å². The maximum Gasteiger partial charge on any atom is 0.159 e. The molecule has 16 heavy (non-hydrogen) atoms. The molecular weight excluding hydrogens is 294 g/mol. The van der Waals surface area contributed by atoms with Crippen LogP contribution in [0, 0.1) is 5.82 Å². The molecule has 0 heterocycles. The summed E-state index contributed by atoms with van der Waals surface area (Å²) in [4.78, 5) is 0. The Kier molecular flexibility index (Phi) is 4.62. The lowest BCUT2D eigenvalue weighted by Crippen LogP contribution is -2.09. The van der Waals surface area contributed by atoms with Crippen molar-refractivity contribution in [1.82, 2.24) is 0 Å². The van der Waals surface area contributed by atoms with E-state index in [0.717, 1.165) is 5.56 Å². The van der Waals surface area contributed by atoms with Crippen molar-refractivity contribution in [2.45, 2.75) is 39.7 Å². The van der Waals surface area contributed by atoms with Crippen molar-refractivity contribution in [3.63, 3.8) is 0 Å². The van der Waals surface area contributed by atoms with Crippen LogP contribution in [-0.4, -0.2) is 6.10 Å². The predicted molar refractivity (Wildman–Crippen MR) is 69.0 cm³/mol. The summed E-state index contributed by atoms with van der Waals surface area (Å²) >= 11 is 9.01. The number of hydrogen-bond acceptors (Lipinski definition) is 1. The van der Waals surface area contributed by atoms with Crippen LogP contribution in [0.15, 0.2) is 10.5 Å². The van der Waals surface area contributed by atoms with Crippen LogP contribution in [0.5, 0.6) is 5.75 Å². The Balaban J connectivity index is 3.35. The first kappa shape index (κ1) is 13.8. The number of benzene rings is 1. The van der Waals surface area contributed by atoms with E-state index in [0.29, 0.717) is 10.2 Å². The topological polar surface area (TPSA) is 9.23 Å². The molecule has 0 aromatic heterocycles. The molecule has 0 unspecified atom stereocenters. The van der Waals surface area contributed by atoms with Crippen LogP contribution in [0.3, 0.4) is 0 Å². The zero-order chi connectivity index (χ0) is 12.5. The Labute approximate surface area is 109 Å². The SMILES string of the molecule is CC(C)Oc1c(C(C)C)cc(Cl)c(F)c1Br. The molecule has 0 saturated carbocycles. The molecule has 90 valence electrons. The smallest absolute Gasteiger partial charge is 0.159 e.